The highest BCUT2D eigenvalue weighted by Crippen LogP contribution is 2.20. The second-order valence-corrected chi connectivity index (χ2v) is 4.82. The number of likely N-dealkylation sites (N-methyl/N-ethyl adjacent to an activating group) is 1. The van der Waals surface area contributed by atoms with E-state index in [1.807, 2.05) is 11.9 Å². The normalized spacial score (nSPS) is 19.6. The third-order valence-electron chi connectivity index (χ3n) is 3.13. The molecule has 0 bridgehead atoms. The Hall–Kier alpha value is -1.07. The van der Waals surface area contributed by atoms with Crippen molar-refractivity contribution in [3.8, 4) is 0 Å². The van der Waals surface area contributed by atoms with E-state index in [2.05, 4.69) is 10.4 Å². The maximum absolute atomic E-state index is 11.7. The summed E-state index contributed by atoms with van der Waals surface area (Å²) in [4.78, 5) is 13.6. The maximum Gasteiger partial charge on any atom is 0.287 e. The fraction of sp³-hybridized carbons (Fsp3) is 0.636. The van der Waals surface area contributed by atoms with Crippen molar-refractivity contribution in [3.05, 3.63) is 21.6 Å². The number of aryl methyl sites for hydroxylation is 1. The molecule has 1 aliphatic heterocycles. The molecule has 0 spiro atoms. The SMILES string of the molecule is CN(CC1CCCN1)c1cnn(C)c(=O)c1Cl. The molecule has 1 atom stereocenters. The van der Waals surface area contributed by atoms with E-state index in [0.29, 0.717) is 11.7 Å². The molecule has 17 heavy (non-hydrogen) atoms. The number of aromatic nitrogens is 2. The Morgan fingerprint density at radius 2 is 2.47 bits per heavy atom. The number of hydrogen-bond donors (Lipinski definition) is 1. The molecule has 94 valence electrons. The predicted molar refractivity (Wildman–Crippen MR) is 68.8 cm³/mol. The van der Waals surface area contributed by atoms with Crippen LogP contribution in [0, 0.1) is 0 Å². The van der Waals surface area contributed by atoms with E-state index in [9.17, 15) is 4.79 Å². The second kappa shape index (κ2) is 5.06. The Morgan fingerprint density at radius 3 is 3.12 bits per heavy atom. The summed E-state index contributed by atoms with van der Waals surface area (Å²) < 4.78 is 1.24. The standard InChI is InChI=1S/C11H17ClN4O/c1-15(7-8-4-3-5-13-8)9-6-14-16(2)11(17)10(9)12/h6,8,13H,3-5,7H2,1-2H3. The molecule has 0 saturated carbocycles. The topological polar surface area (TPSA) is 50.2 Å². The van der Waals surface area contributed by atoms with Gasteiger partial charge in [-0.15, -0.1) is 0 Å². The summed E-state index contributed by atoms with van der Waals surface area (Å²) in [5.74, 6) is 0. The lowest BCUT2D eigenvalue weighted by Crippen LogP contribution is -2.36. The van der Waals surface area contributed by atoms with Crippen LogP contribution in [-0.4, -0.2) is 36.0 Å². The third kappa shape index (κ3) is 2.61. The highest BCUT2D eigenvalue weighted by Gasteiger charge is 2.18. The highest BCUT2D eigenvalue weighted by molar-refractivity contribution is 6.33. The van der Waals surface area contributed by atoms with Gasteiger partial charge in [0.15, 0.2) is 0 Å². The molecular weight excluding hydrogens is 240 g/mol. The lowest BCUT2D eigenvalue weighted by Gasteiger charge is -2.23. The van der Waals surface area contributed by atoms with Crippen LogP contribution in [0.15, 0.2) is 11.0 Å². The Morgan fingerprint density at radius 1 is 1.71 bits per heavy atom. The van der Waals surface area contributed by atoms with Crippen LogP contribution in [0.5, 0.6) is 0 Å². The lowest BCUT2D eigenvalue weighted by molar-refractivity contribution is 0.597. The van der Waals surface area contributed by atoms with Crippen LogP contribution in [0.3, 0.4) is 0 Å². The van der Waals surface area contributed by atoms with Crippen molar-refractivity contribution >= 4 is 17.3 Å². The largest absolute Gasteiger partial charge is 0.370 e. The fourth-order valence-corrected chi connectivity index (χ4v) is 2.43. The Balaban J connectivity index is 2.16. The molecule has 0 aliphatic carbocycles. The number of nitrogens with one attached hydrogen (secondary N) is 1. The molecule has 1 saturated heterocycles. The smallest absolute Gasteiger partial charge is 0.287 e. The number of hydrogen-bond acceptors (Lipinski definition) is 4. The molecule has 2 rings (SSSR count). The van der Waals surface area contributed by atoms with Gasteiger partial charge in [-0.1, -0.05) is 11.6 Å². The fourth-order valence-electron chi connectivity index (χ4n) is 2.11. The third-order valence-corrected chi connectivity index (χ3v) is 3.48. The zero-order valence-electron chi connectivity index (χ0n) is 10.1. The van der Waals surface area contributed by atoms with Crippen molar-refractivity contribution < 1.29 is 0 Å². The molecule has 1 aliphatic rings. The molecule has 2 heterocycles. The zero-order valence-corrected chi connectivity index (χ0v) is 10.9. The first-order valence-corrected chi connectivity index (χ1v) is 6.13. The van der Waals surface area contributed by atoms with E-state index in [1.165, 1.54) is 17.5 Å². The Kier molecular flexibility index (Phi) is 3.69. The average molecular weight is 257 g/mol. The summed E-state index contributed by atoms with van der Waals surface area (Å²) in [6.45, 7) is 1.91. The van der Waals surface area contributed by atoms with Crippen LogP contribution in [0.2, 0.25) is 5.02 Å². The molecular formula is C11H17ClN4O. The number of rotatable bonds is 3. The van der Waals surface area contributed by atoms with Gasteiger partial charge in [-0.05, 0) is 19.4 Å². The zero-order chi connectivity index (χ0) is 12.4. The van der Waals surface area contributed by atoms with Crippen molar-refractivity contribution in [3.63, 3.8) is 0 Å². The summed E-state index contributed by atoms with van der Waals surface area (Å²) >= 11 is 6.04. The van der Waals surface area contributed by atoms with E-state index in [-0.39, 0.29) is 10.6 Å². The van der Waals surface area contributed by atoms with Crippen LogP contribution in [0.25, 0.3) is 0 Å². The van der Waals surface area contributed by atoms with Gasteiger partial charge in [-0.25, -0.2) is 4.68 Å². The van der Waals surface area contributed by atoms with Crippen LogP contribution in [0.4, 0.5) is 5.69 Å². The molecule has 1 N–H and O–H groups in total. The maximum atomic E-state index is 11.7. The minimum Gasteiger partial charge on any atom is -0.370 e. The van der Waals surface area contributed by atoms with Crippen LogP contribution in [0.1, 0.15) is 12.8 Å². The average Bonchev–Trinajstić information content (AvgIpc) is 2.78. The molecule has 1 unspecified atom stereocenters. The van der Waals surface area contributed by atoms with Gasteiger partial charge in [0.25, 0.3) is 5.56 Å². The van der Waals surface area contributed by atoms with Crippen molar-refractivity contribution in [1.29, 1.82) is 0 Å². The molecule has 1 aromatic heterocycles. The van der Waals surface area contributed by atoms with E-state index in [0.717, 1.165) is 13.1 Å². The van der Waals surface area contributed by atoms with E-state index < -0.39 is 0 Å². The van der Waals surface area contributed by atoms with Crippen molar-refractivity contribution in [2.45, 2.75) is 18.9 Å². The van der Waals surface area contributed by atoms with Gasteiger partial charge in [-0.3, -0.25) is 4.79 Å². The number of anilines is 1. The van der Waals surface area contributed by atoms with Gasteiger partial charge in [-0.2, -0.15) is 5.10 Å². The minimum absolute atomic E-state index is 0.239. The second-order valence-electron chi connectivity index (χ2n) is 4.45. The van der Waals surface area contributed by atoms with Crippen molar-refractivity contribution in [2.24, 2.45) is 7.05 Å². The number of halogens is 1. The summed E-state index contributed by atoms with van der Waals surface area (Å²) in [6, 6.07) is 0.472. The highest BCUT2D eigenvalue weighted by atomic mass is 35.5. The minimum atomic E-state index is -0.254. The van der Waals surface area contributed by atoms with Crippen molar-refractivity contribution in [2.75, 3.05) is 25.0 Å². The Labute approximate surface area is 105 Å². The predicted octanol–water partition coefficient (Wildman–Crippen LogP) is 0.622. The summed E-state index contributed by atoms with van der Waals surface area (Å²) in [6.07, 6.45) is 4.01. The first-order chi connectivity index (χ1) is 8.09. The van der Waals surface area contributed by atoms with Crippen LogP contribution >= 0.6 is 11.6 Å². The number of nitrogens with zero attached hydrogens (tertiary/aromatic N) is 3. The molecule has 6 heteroatoms. The Bertz CT molecular complexity index is 453. The van der Waals surface area contributed by atoms with Gasteiger partial charge >= 0.3 is 0 Å². The summed E-state index contributed by atoms with van der Waals surface area (Å²) in [7, 11) is 3.53. The summed E-state index contributed by atoms with van der Waals surface area (Å²) in [5.41, 5.74) is 0.443. The molecule has 0 aromatic carbocycles. The molecule has 1 aromatic rings. The molecule has 5 nitrogen and oxygen atoms in total. The molecule has 1 fully saturated rings. The lowest BCUT2D eigenvalue weighted by atomic mass is 10.2. The van der Waals surface area contributed by atoms with Crippen LogP contribution in [-0.2, 0) is 7.05 Å². The molecule has 0 radical (unpaired) electrons. The first-order valence-electron chi connectivity index (χ1n) is 5.76. The monoisotopic (exact) mass is 256 g/mol. The van der Waals surface area contributed by atoms with Crippen molar-refractivity contribution in [1.82, 2.24) is 15.1 Å². The van der Waals surface area contributed by atoms with Gasteiger partial charge in [0, 0.05) is 26.7 Å². The van der Waals surface area contributed by atoms with Gasteiger partial charge < -0.3 is 10.2 Å². The van der Waals surface area contributed by atoms with E-state index in [4.69, 9.17) is 11.6 Å². The van der Waals surface area contributed by atoms with Gasteiger partial charge in [0.05, 0.1) is 11.9 Å². The summed E-state index contributed by atoms with van der Waals surface area (Å²) in [5, 5.41) is 7.65. The van der Waals surface area contributed by atoms with Gasteiger partial charge in [0.2, 0.25) is 0 Å². The molecule has 0 amide bonds. The quantitative estimate of drug-likeness (QED) is 0.862. The first kappa shape index (κ1) is 12.4. The van der Waals surface area contributed by atoms with E-state index >= 15 is 0 Å². The van der Waals surface area contributed by atoms with E-state index in [1.54, 1.807) is 13.2 Å². The van der Waals surface area contributed by atoms with Crippen LogP contribution < -0.4 is 15.8 Å². The van der Waals surface area contributed by atoms with Gasteiger partial charge in [0.1, 0.15) is 5.02 Å².